The third kappa shape index (κ3) is 0.536. The van der Waals surface area contributed by atoms with Crippen LogP contribution in [0.5, 0.6) is 0 Å². The van der Waals surface area contributed by atoms with Crippen LogP contribution in [0.15, 0.2) is 12.2 Å². The maximum absolute atomic E-state index is 2.50. The second-order valence-corrected chi connectivity index (χ2v) is 9.63. The fourth-order valence-electron chi connectivity index (χ4n) is 1.48. The quantitative estimate of drug-likeness (QED) is 0.357. The third-order valence-corrected chi connectivity index (χ3v) is 8.58. The van der Waals surface area contributed by atoms with E-state index < -0.39 is 8.75 Å². The van der Waals surface area contributed by atoms with E-state index in [0.29, 0.717) is 0 Å². The summed E-state index contributed by atoms with van der Waals surface area (Å²) in [5.74, 6) is 3.01. The Bertz CT molecular complexity index is 237. The zero-order chi connectivity index (χ0) is 6.56. The zero-order valence-corrected chi connectivity index (χ0v) is 6.95. The third-order valence-electron chi connectivity index (χ3n) is 3.06. The average molecular weight is 142 g/mol. The Morgan fingerprint density at radius 1 is 1.44 bits per heavy atom. The molecule has 0 nitrogen and oxygen atoms in total. The molecule has 0 N–H and O–H groups in total. The van der Waals surface area contributed by atoms with Gasteiger partial charge >= 0.3 is 0 Å². The summed E-state index contributed by atoms with van der Waals surface area (Å²) in [5.41, 5.74) is 0. The van der Waals surface area contributed by atoms with Crippen LogP contribution in [0.2, 0.25) is 0 Å². The minimum absolute atomic E-state index is 0.856. The lowest BCUT2D eigenvalue weighted by atomic mass is 10.4. The summed E-state index contributed by atoms with van der Waals surface area (Å²) in [6, 6.07) is 0. The van der Waals surface area contributed by atoms with Crippen LogP contribution in [-0.4, -0.2) is 28.4 Å². The highest BCUT2D eigenvalue weighted by molar-refractivity contribution is 8.52. The van der Waals surface area contributed by atoms with E-state index in [1.807, 2.05) is 0 Å². The predicted molar refractivity (Wildman–Crippen MR) is 47.9 cm³/mol. The summed E-state index contributed by atoms with van der Waals surface area (Å²) in [5, 5.41) is 3.39. The summed E-state index contributed by atoms with van der Waals surface area (Å²) in [7, 11) is -0.856. The molecule has 1 saturated heterocycles. The first-order chi connectivity index (χ1) is 4.14. The molecule has 1 unspecified atom stereocenters. The number of allylic oxidation sites excluding steroid dienone is 1. The van der Waals surface area contributed by atoms with Crippen molar-refractivity contribution in [1.29, 1.82) is 0 Å². The van der Waals surface area contributed by atoms with E-state index in [1.165, 1.54) is 11.5 Å². The molecule has 0 amide bonds. The standard InChI is InChI=1S/C8H14S/c1-8-4-3-5-9(8,2)6-7-9/h3-5,8H,6-7H2,1-2H3. The molecular formula is C8H14S. The minimum atomic E-state index is -0.856. The van der Waals surface area contributed by atoms with Crippen LogP contribution >= 0.6 is 8.75 Å². The maximum Gasteiger partial charge on any atom is 0.00140 e. The van der Waals surface area contributed by atoms with Gasteiger partial charge in [-0.1, -0.05) is 24.4 Å². The van der Waals surface area contributed by atoms with E-state index >= 15 is 0 Å². The van der Waals surface area contributed by atoms with Gasteiger partial charge in [-0.3, -0.25) is 0 Å². The normalized spacial score (nSPS) is 45.6. The second kappa shape index (κ2) is 1.20. The molecule has 0 bridgehead atoms. The van der Waals surface area contributed by atoms with Crippen molar-refractivity contribution < 1.29 is 0 Å². The molecule has 1 fully saturated rings. The van der Waals surface area contributed by atoms with E-state index in [9.17, 15) is 0 Å². The fraction of sp³-hybridized carbons (Fsp3) is 0.625. The Morgan fingerprint density at radius 3 is 2.33 bits per heavy atom. The van der Waals surface area contributed by atoms with Gasteiger partial charge in [-0.2, -0.15) is 0 Å². The van der Waals surface area contributed by atoms with Gasteiger partial charge in [-0.25, -0.2) is 8.75 Å². The topological polar surface area (TPSA) is 0 Å². The van der Waals surface area contributed by atoms with Crippen molar-refractivity contribution in [1.82, 2.24) is 0 Å². The van der Waals surface area contributed by atoms with Gasteiger partial charge in [0.05, 0.1) is 0 Å². The van der Waals surface area contributed by atoms with Crippen molar-refractivity contribution in [3.63, 3.8) is 0 Å². The first kappa shape index (κ1) is 5.72. The molecule has 9 heavy (non-hydrogen) atoms. The van der Waals surface area contributed by atoms with Gasteiger partial charge in [0.1, 0.15) is 0 Å². The summed E-state index contributed by atoms with van der Waals surface area (Å²) < 4.78 is 0. The van der Waals surface area contributed by atoms with Crippen molar-refractivity contribution >= 4 is 14.1 Å². The van der Waals surface area contributed by atoms with Gasteiger partial charge in [0.15, 0.2) is 0 Å². The Balaban J connectivity index is 2.54. The van der Waals surface area contributed by atoms with Gasteiger partial charge in [-0.15, -0.1) is 0 Å². The Hall–Kier alpha value is -0.0400. The highest BCUT2D eigenvalue weighted by Gasteiger charge is 2.45. The molecule has 1 spiro atoms. The van der Waals surface area contributed by atoms with E-state index in [1.54, 1.807) is 0 Å². The first-order valence-corrected chi connectivity index (χ1v) is 6.45. The Labute approximate surface area is 56.8 Å². The number of rotatable bonds is 0. The van der Waals surface area contributed by atoms with Gasteiger partial charge < -0.3 is 0 Å². The van der Waals surface area contributed by atoms with E-state index in [-0.39, 0.29) is 0 Å². The smallest absolute Gasteiger partial charge is 0.00140 e. The minimum Gasteiger partial charge on any atom is -0.240 e. The van der Waals surface area contributed by atoms with Crippen molar-refractivity contribution in [3.05, 3.63) is 12.2 Å². The summed E-state index contributed by atoms with van der Waals surface area (Å²) in [6.45, 7) is 2.37. The van der Waals surface area contributed by atoms with Crippen LogP contribution in [0.4, 0.5) is 0 Å². The fourth-order valence-corrected chi connectivity index (χ4v) is 5.30. The summed E-state index contributed by atoms with van der Waals surface area (Å²) >= 11 is 0. The van der Waals surface area contributed by atoms with Crippen LogP contribution < -0.4 is 0 Å². The molecule has 0 aromatic heterocycles. The molecular weight excluding hydrogens is 128 g/mol. The number of hydrogen-bond donors (Lipinski definition) is 0. The molecule has 2 aliphatic heterocycles. The zero-order valence-electron chi connectivity index (χ0n) is 6.13. The number of hydrogen-bond acceptors (Lipinski definition) is 0. The van der Waals surface area contributed by atoms with Crippen LogP contribution in [0, 0.1) is 0 Å². The molecule has 0 radical (unpaired) electrons. The predicted octanol–water partition coefficient (Wildman–Crippen LogP) is 1.73. The summed E-state index contributed by atoms with van der Waals surface area (Å²) in [4.78, 5) is 0. The van der Waals surface area contributed by atoms with E-state index in [0.717, 1.165) is 5.25 Å². The van der Waals surface area contributed by atoms with Gasteiger partial charge in [0, 0.05) is 5.25 Å². The molecule has 2 rings (SSSR count). The first-order valence-electron chi connectivity index (χ1n) is 3.53. The van der Waals surface area contributed by atoms with Crippen molar-refractivity contribution in [2.24, 2.45) is 0 Å². The molecule has 0 saturated carbocycles. The molecule has 2 aliphatic rings. The van der Waals surface area contributed by atoms with Crippen molar-refractivity contribution in [2.75, 3.05) is 17.8 Å². The average Bonchev–Trinajstić information content (AvgIpc) is 2.39. The van der Waals surface area contributed by atoms with E-state index in [4.69, 9.17) is 0 Å². The highest BCUT2D eigenvalue weighted by Crippen LogP contribution is 2.73. The Kier molecular flexibility index (Phi) is 0.760. The molecule has 2 heterocycles. The van der Waals surface area contributed by atoms with Gasteiger partial charge in [-0.05, 0) is 17.8 Å². The van der Waals surface area contributed by atoms with Crippen molar-refractivity contribution in [2.45, 2.75) is 12.2 Å². The molecule has 1 heteroatoms. The Morgan fingerprint density at radius 2 is 2.11 bits per heavy atom. The van der Waals surface area contributed by atoms with Gasteiger partial charge in [0.2, 0.25) is 0 Å². The second-order valence-electron chi connectivity index (χ2n) is 3.69. The van der Waals surface area contributed by atoms with Crippen molar-refractivity contribution in [3.8, 4) is 0 Å². The van der Waals surface area contributed by atoms with Crippen LogP contribution in [-0.2, 0) is 0 Å². The summed E-state index contributed by atoms with van der Waals surface area (Å²) in [6.07, 6.45) is 7.15. The lowest BCUT2D eigenvalue weighted by Crippen LogP contribution is -2.02. The lowest BCUT2D eigenvalue weighted by molar-refractivity contribution is 1.24. The molecule has 0 aromatic rings. The lowest BCUT2D eigenvalue weighted by Gasteiger charge is -2.27. The van der Waals surface area contributed by atoms with Crippen LogP contribution in [0.25, 0.3) is 0 Å². The molecule has 0 aliphatic carbocycles. The van der Waals surface area contributed by atoms with Crippen LogP contribution in [0.1, 0.15) is 6.92 Å². The largest absolute Gasteiger partial charge is 0.240 e. The molecule has 0 aromatic carbocycles. The highest BCUT2D eigenvalue weighted by atomic mass is 32.3. The molecule has 1 atom stereocenters. The molecule has 52 valence electrons. The van der Waals surface area contributed by atoms with Gasteiger partial charge in [0.25, 0.3) is 0 Å². The maximum atomic E-state index is 2.50. The van der Waals surface area contributed by atoms with E-state index in [2.05, 4.69) is 30.7 Å². The van der Waals surface area contributed by atoms with Crippen LogP contribution in [0.3, 0.4) is 0 Å². The monoisotopic (exact) mass is 142 g/mol. The SMILES string of the molecule is CC1C=CC=S12(C)CC2.